The SMILES string of the molecule is O=S(=O)(Nc1ccc(F)cc1)c1cc2c(cc1Br)OCCO2. The highest BCUT2D eigenvalue weighted by atomic mass is 79.9. The van der Waals surface area contributed by atoms with Crippen LogP contribution in [0.25, 0.3) is 0 Å². The quantitative estimate of drug-likeness (QED) is 0.878. The number of sulfonamides is 1. The van der Waals surface area contributed by atoms with Gasteiger partial charge in [0.15, 0.2) is 11.5 Å². The topological polar surface area (TPSA) is 64.6 Å². The molecular formula is C14H11BrFNO4S. The molecule has 1 N–H and O–H groups in total. The van der Waals surface area contributed by atoms with Gasteiger partial charge in [0.1, 0.15) is 23.9 Å². The molecule has 0 aliphatic carbocycles. The van der Waals surface area contributed by atoms with Crippen LogP contribution in [0.15, 0.2) is 45.8 Å². The Morgan fingerprint density at radius 1 is 1.05 bits per heavy atom. The van der Waals surface area contributed by atoms with Crippen LogP contribution in [-0.2, 0) is 10.0 Å². The molecule has 1 aliphatic heterocycles. The molecular weight excluding hydrogens is 377 g/mol. The zero-order valence-electron chi connectivity index (χ0n) is 11.2. The number of ether oxygens (including phenoxy) is 2. The van der Waals surface area contributed by atoms with Gasteiger partial charge in [0, 0.05) is 16.2 Å². The van der Waals surface area contributed by atoms with Gasteiger partial charge in [-0.2, -0.15) is 0 Å². The van der Waals surface area contributed by atoms with Gasteiger partial charge in [-0.15, -0.1) is 0 Å². The first-order valence-electron chi connectivity index (χ1n) is 6.33. The third-order valence-corrected chi connectivity index (χ3v) is 5.32. The fraction of sp³-hybridized carbons (Fsp3) is 0.143. The second kappa shape index (κ2) is 5.77. The summed E-state index contributed by atoms with van der Waals surface area (Å²) in [5.74, 6) is 0.413. The van der Waals surface area contributed by atoms with Gasteiger partial charge in [-0.05, 0) is 46.3 Å². The van der Waals surface area contributed by atoms with E-state index in [2.05, 4.69) is 20.7 Å². The predicted molar refractivity (Wildman–Crippen MR) is 82.3 cm³/mol. The molecule has 1 heterocycles. The summed E-state index contributed by atoms with van der Waals surface area (Å²) in [7, 11) is -3.85. The van der Waals surface area contributed by atoms with Gasteiger partial charge >= 0.3 is 0 Å². The van der Waals surface area contributed by atoms with Gasteiger partial charge in [0.25, 0.3) is 10.0 Å². The molecule has 3 rings (SSSR count). The van der Waals surface area contributed by atoms with Gasteiger partial charge in [0.2, 0.25) is 0 Å². The summed E-state index contributed by atoms with van der Waals surface area (Å²) in [6, 6.07) is 7.99. The summed E-state index contributed by atoms with van der Waals surface area (Å²) in [6.07, 6.45) is 0. The van der Waals surface area contributed by atoms with Crippen molar-refractivity contribution in [3.8, 4) is 11.5 Å². The lowest BCUT2D eigenvalue weighted by Crippen LogP contribution is -2.18. The molecule has 0 bridgehead atoms. The number of hydrogen-bond acceptors (Lipinski definition) is 4. The van der Waals surface area contributed by atoms with E-state index in [4.69, 9.17) is 9.47 Å². The number of rotatable bonds is 3. The van der Waals surface area contributed by atoms with Crippen molar-refractivity contribution in [3.05, 3.63) is 46.7 Å². The lowest BCUT2D eigenvalue weighted by Gasteiger charge is -2.20. The van der Waals surface area contributed by atoms with Gasteiger partial charge in [-0.25, -0.2) is 12.8 Å². The summed E-state index contributed by atoms with van der Waals surface area (Å²) in [4.78, 5) is 0.0149. The number of nitrogens with one attached hydrogen (secondary N) is 1. The van der Waals surface area contributed by atoms with E-state index in [0.29, 0.717) is 29.2 Å². The van der Waals surface area contributed by atoms with Crippen LogP contribution >= 0.6 is 15.9 Å². The van der Waals surface area contributed by atoms with Crippen molar-refractivity contribution in [2.24, 2.45) is 0 Å². The van der Waals surface area contributed by atoms with Gasteiger partial charge in [0.05, 0.1) is 0 Å². The van der Waals surface area contributed by atoms with Crippen LogP contribution in [0, 0.1) is 5.82 Å². The average molecular weight is 388 g/mol. The molecule has 0 saturated carbocycles. The smallest absolute Gasteiger partial charge is 0.263 e. The minimum absolute atomic E-state index is 0.0149. The van der Waals surface area contributed by atoms with Crippen molar-refractivity contribution < 1.29 is 22.3 Å². The second-order valence-electron chi connectivity index (χ2n) is 4.54. The third kappa shape index (κ3) is 3.02. The molecule has 2 aromatic rings. The lowest BCUT2D eigenvalue weighted by atomic mass is 10.3. The standard InChI is InChI=1S/C14H11BrFNO4S/c15-11-7-12-13(21-6-5-20-12)8-14(11)22(18,19)17-10-3-1-9(16)2-4-10/h1-4,7-8,17H,5-6H2. The summed E-state index contributed by atoms with van der Waals surface area (Å²) in [5.41, 5.74) is 0.267. The fourth-order valence-corrected chi connectivity index (χ4v) is 4.08. The highest BCUT2D eigenvalue weighted by Crippen LogP contribution is 2.37. The molecule has 2 aromatic carbocycles. The van der Waals surface area contributed by atoms with E-state index in [1.54, 1.807) is 6.07 Å². The molecule has 0 spiro atoms. The van der Waals surface area contributed by atoms with Crippen LogP contribution < -0.4 is 14.2 Å². The maximum Gasteiger partial charge on any atom is 0.263 e. The first-order chi connectivity index (χ1) is 10.5. The van der Waals surface area contributed by atoms with Crippen LogP contribution in [0.3, 0.4) is 0 Å². The van der Waals surface area contributed by atoms with E-state index in [-0.39, 0.29) is 10.6 Å². The molecule has 0 fully saturated rings. The largest absolute Gasteiger partial charge is 0.486 e. The average Bonchev–Trinajstić information content (AvgIpc) is 2.48. The van der Waals surface area contributed by atoms with Crippen molar-refractivity contribution in [2.75, 3.05) is 17.9 Å². The van der Waals surface area contributed by atoms with E-state index < -0.39 is 15.8 Å². The molecule has 0 saturated heterocycles. The molecule has 1 aliphatic rings. The normalized spacial score (nSPS) is 13.7. The Morgan fingerprint density at radius 3 is 2.27 bits per heavy atom. The van der Waals surface area contributed by atoms with E-state index in [0.717, 1.165) is 0 Å². The Hall–Kier alpha value is -1.80. The highest BCUT2D eigenvalue weighted by molar-refractivity contribution is 9.10. The van der Waals surface area contributed by atoms with E-state index in [1.165, 1.54) is 30.3 Å². The summed E-state index contributed by atoms with van der Waals surface area (Å²) >= 11 is 3.22. The molecule has 0 atom stereocenters. The maximum atomic E-state index is 12.9. The van der Waals surface area contributed by atoms with Crippen LogP contribution in [0.5, 0.6) is 11.5 Å². The molecule has 8 heteroatoms. The molecule has 5 nitrogen and oxygen atoms in total. The van der Waals surface area contributed by atoms with Crippen molar-refractivity contribution in [3.63, 3.8) is 0 Å². The number of halogens is 2. The van der Waals surface area contributed by atoms with E-state index >= 15 is 0 Å². The van der Waals surface area contributed by atoms with Crippen LogP contribution in [0.2, 0.25) is 0 Å². The molecule has 0 unspecified atom stereocenters. The van der Waals surface area contributed by atoms with Gasteiger partial charge < -0.3 is 9.47 Å². The minimum atomic E-state index is -3.85. The van der Waals surface area contributed by atoms with Crippen LogP contribution in [-0.4, -0.2) is 21.6 Å². The Balaban J connectivity index is 1.96. The minimum Gasteiger partial charge on any atom is -0.486 e. The molecule has 0 amide bonds. The summed E-state index contributed by atoms with van der Waals surface area (Å²) in [6.45, 7) is 0.777. The van der Waals surface area contributed by atoms with Crippen molar-refractivity contribution in [2.45, 2.75) is 4.90 Å². The third-order valence-electron chi connectivity index (χ3n) is 2.98. The van der Waals surface area contributed by atoms with Crippen molar-refractivity contribution >= 4 is 31.6 Å². The Morgan fingerprint density at radius 2 is 1.64 bits per heavy atom. The lowest BCUT2D eigenvalue weighted by molar-refractivity contribution is 0.171. The van der Waals surface area contributed by atoms with E-state index in [9.17, 15) is 12.8 Å². The number of fused-ring (bicyclic) bond motifs is 1. The van der Waals surface area contributed by atoms with Crippen molar-refractivity contribution in [1.82, 2.24) is 0 Å². The van der Waals surface area contributed by atoms with E-state index in [1.807, 2.05) is 0 Å². The second-order valence-corrected chi connectivity index (χ2v) is 7.04. The summed E-state index contributed by atoms with van der Waals surface area (Å²) in [5, 5.41) is 0. The monoisotopic (exact) mass is 387 g/mol. The molecule has 0 radical (unpaired) electrons. The van der Waals surface area contributed by atoms with Gasteiger partial charge in [-0.3, -0.25) is 4.72 Å². The molecule has 22 heavy (non-hydrogen) atoms. The van der Waals surface area contributed by atoms with Crippen molar-refractivity contribution in [1.29, 1.82) is 0 Å². The Bertz CT molecular complexity index is 808. The Kier molecular flexibility index (Phi) is 3.96. The maximum absolute atomic E-state index is 12.9. The summed E-state index contributed by atoms with van der Waals surface area (Å²) < 4.78 is 51.3. The predicted octanol–water partition coefficient (Wildman–Crippen LogP) is 3.16. The Labute approximate surface area is 135 Å². The number of hydrogen-bond donors (Lipinski definition) is 1. The fourth-order valence-electron chi connectivity index (χ4n) is 1.98. The first-order valence-corrected chi connectivity index (χ1v) is 8.61. The highest BCUT2D eigenvalue weighted by Gasteiger charge is 2.23. The molecule has 116 valence electrons. The van der Waals surface area contributed by atoms with Crippen LogP contribution in [0.1, 0.15) is 0 Å². The zero-order chi connectivity index (χ0) is 15.7. The zero-order valence-corrected chi connectivity index (χ0v) is 13.6. The number of anilines is 1. The number of benzene rings is 2. The molecule has 0 aromatic heterocycles. The van der Waals surface area contributed by atoms with Gasteiger partial charge in [-0.1, -0.05) is 0 Å². The van der Waals surface area contributed by atoms with Crippen LogP contribution in [0.4, 0.5) is 10.1 Å². The first kappa shape index (κ1) is 15.1.